The van der Waals surface area contributed by atoms with Crippen molar-refractivity contribution in [2.24, 2.45) is 0 Å². The number of pyridine rings is 1. The second-order valence-electron chi connectivity index (χ2n) is 3.52. The van der Waals surface area contributed by atoms with Crippen molar-refractivity contribution in [2.45, 2.75) is 6.92 Å². The van der Waals surface area contributed by atoms with Gasteiger partial charge in [0.05, 0.1) is 5.02 Å². The van der Waals surface area contributed by atoms with Gasteiger partial charge in [0.15, 0.2) is 0 Å². The molecule has 0 unspecified atom stereocenters. The third-order valence-electron chi connectivity index (χ3n) is 2.33. The Balaban J connectivity index is 2.35. The fraction of sp³-hybridized carbons (Fsp3) is 0.0833. The van der Waals surface area contributed by atoms with Crippen LogP contribution in [0.3, 0.4) is 0 Å². The average Bonchev–Trinajstić information content (AvgIpc) is 2.28. The van der Waals surface area contributed by atoms with E-state index in [1.54, 1.807) is 31.3 Å². The molecule has 88 valence electrons. The van der Waals surface area contributed by atoms with Gasteiger partial charge in [0, 0.05) is 21.9 Å². The summed E-state index contributed by atoms with van der Waals surface area (Å²) in [4.78, 5) is 4.13. The second kappa shape index (κ2) is 5.02. The summed E-state index contributed by atoms with van der Waals surface area (Å²) in [5.74, 6) is 0.242. The highest BCUT2D eigenvalue weighted by molar-refractivity contribution is 9.10. The molecule has 0 aliphatic carbocycles. The smallest absolute Gasteiger partial charge is 0.149 e. The highest BCUT2D eigenvalue weighted by atomic mass is 79.9. The molecule has 2 rings (SSSR count). The van der Waals surface area contributed by atoms with Crippen LogP contribution in [-0.2, 0) is 0 Å². The third-order valence-corrected chi connectivity index (χ3v) is 3.05. The topological polar surface area (TPSA) is 24.9 Å². The first kappa shape index (κ1) is 12.3. The van der Waals surface area contributed by atoms with Crippen LogP contribution < -0.4 is 5.32 Å². The number of aromatic nitrogens is 1. The average molecular weight is 316 g/mol. The Morgan fingerprint density at radius 3 is 2.88 bits per heavy atom. The standard InChI is InChI=1S/C12H9BrClFN2/c1-7-10(15)3-2-4-11(7)17-12-9(14)5-8(13)6-16-12/h2-6H,1H3,(H,16,17). The Bertz CT molecular complexity index is 560. The molecule has 17 heavy (non-hydrogen) atoms. The molecule has 1 N–H and O–H groups in total. The molecule has 1 aromatic carbocycles. The van der Waals surface area contributed by atoms with Crippen LogP contribution in [-0.4, -0.2) is 4.98 Å². The predicted molar refractivity (Wildman–Crippen MR) is 71.4 cm³/mol. The first-order chi connectivity index (χ1) is 8.08. The number of benzene rings is 1. The van der Waals surface area contributed by atoms with Gasteiger partial charge in [-0.25, -0.2) is 9.37 Å². The molecule has 0 aliphatic rings. The number of nitrogens with zero attached hydrogens (tertiary/aromatic N) is 1. The van der Waals surface area contributed by atoms with E-state index in [0.29, 0.717) is 22.1 Å². The maximum atomic E-state index is 13.3. The highest BCUT2D eigenvalue weighted by Crippen LogP contribution is 2.27. The zero-order valence-corrected chi connectivity index (χ0v) is 11.3. The van der Waals surface area contributed by atoms with Gasteiger partial charge in [-0.2, -0.15) is 0 Å². The maximum absolute atomic E-state index is 13.3. The summed E-state index contributed by atoms with van der Waals surface area (Å²) >= 11 is 9.30. The molecule has 0 atom stereocenters. The Kier molecular flexibility index (Phi) is 3.64. The fourth-order valence-electron chi connectivity index (χ4n) is 1.38. The summed E-state index contributed by atoms with van der Waals surface area (Å²) in [6.07, 6.45) is 1.63. The molecular formula is C12H9BrClFN2. The van der Waals surface area contributed by atoms with E-state index in [4.69, 9.17) is 11.6 Å². The first-order valence-corrected chi connectivity index (χ1v) is 6.08. The van der Waals surface area contributed by atoms with Crippen molar-refractivity contribution in [1.29, 1.82) is 0 Å². The molecule has 2 aromatic rings. The van der Waals surface area contributed by atoms with Gasteiger partial charge in [0.1, 0.15) is 11.6 Å². The molecule has 2 nitrogen and oxygen atoms in total. The SMILES string of the molecule is Cc1c(F)cccc1Nc1ncc(Br)cc1Cl. The largest absolute Gasteiger partial charge is 0.339 e. The van der Waals surface area contributed by atoms with Gasteiger partial charge >= 0.3 is 0 Å². The van der Waals surface area contributed by atoms with Crippen molar-refractivity contribution >= 4 is 39.0 Å². The van der Waals surface area contributed by atoms with Crippen LogP contribution in [0.15, 0.2) is 34.9 Å². The second-order valence-corrected chi connectivity index (χ2v) is 4.84. The predicted octanol–water partition coefficient (Wildman–Crippen LogP) is 4.69. The van der Waals surface area contributed by atoms with Gasteiger partial charge in [-0.1, -0.05) is 17.7 Å². The summed E-state index contributed by atoms with van der Waals surface area (Å²) < 4.78 is 14.1. The van der Waals surface area contributed by atoms with Crippen LogP contribution >= 0.6 is 27.5 Å². The van der Waals surface area contributed by atoms with Crippen molar-refractivity contribution in [3.63, 3.8) is 0 Å². The normalized spacial score (nSPS) is 10.4. The zero-order valence-electron chi connectivity index (χ0n) is 8.97. The van der Waals surface area contributed by atoms with Gasteiger partial charge in [-0.15, -0.1) is 0 Å². The molecule has 0 aliphatic heterocycles. The minimum absolute atomic E-state index is 0.261. The number of anilines is 2. The first-order valence-electron chi connectivity index (χ1n) is 4.91. The van der Waals surface area contributed by atoms with Gasteiger partial charge in [0.25, 0.3) is 0 Å². The van der Waals surface area contributed by atoms with E-state index in [-0.39, 0.29) is 5.82 Å². The van der Waals surface area contributed by atoms with Crippen LogP contribution in [0.5, 0.6) is 0 Å². The Hall–Kier alpha value is -1.13. The lowest BCUT2D eigenvalue weighted by molar-refractivity contribution is 0.619. The fourth-order valence-corrected chi connectivity index (χ4v) is 2.05. The number of hydrogen-bond acceptors (Lipinski definition) is 2. The summed E-state index contributed by atoms with van der Waals surface area (Å²) in [5, 5.41) is 3.48. The van der Waals surface area contributed by atoms with Crippen molar-refractivity contribution in [3.8, 4) is 0 Å². The third kappa shape index (κ3) is 2.76. The van der Waals surface area contributed by atoms with Crippen molar-refractivity contribution in [2.75, 3.05) is 5.32 Å². The molecule has 5 heteroatoms. The van der Waals surface area contributed by atoms with Crippen LogP contribution in [0.25, 0.3) is 0 Å². The number of hydrogen-bond donors (Lipinski definition) is 1. The van der Waals surface area contributed by atoms with E-state index in [1.807, 2.05) is 0 Å². The Labute approximate surface area is 112 Å². The maximum Gasteiger partial charge on any atom is 0.149 e. The van der Waals surface area contributed by atoms with Crippen molar-refractivity contribution in [1.82, 2.24) is 4.98 Å². The minimum Gasteiger partial charge on any atom is -0.339 e. The molecule has 0 fully saturated rings. The van der Waals surface area contributed by atoms with Crippen LogP contribution in [0.2, 0.25) is 5.02 Å². The summed E-state index contributed by atoms with van der Waals surface area (Å²) in [6, 6.07) is 6.55. The molecule has 0 saturated heterocycles. The molecule has 1 heterocycles. The molecule has 1 aromatic heterocycles. The van der Waals surface area contributed by atoms with Crippen molar-refractivity contribution < 1.29 is 4.39 Å². The molecule has 0 bridgehead atoms. The van der Waals surface area contributed by atoms with Gasteiger partial charge in [-0.3, -0.25) is 0 Å². The molecule has 0 amide bonds. The quantitative estimate of drug-likeness (QED) is 0.869. The van der Waals surface area contributed by atoms with Crippen LogP contribution in [0.4, 0.5) is 15.9 Å². The van der Waals surface area contributed by atoms with E-state index in [2.05, 4.69) is 26.2 Å². The van der Waals surface area contributed by atoms with Gasteiger partial charge in [-0.05, 0) is 41.1 Å². The highest BCUT2D eigenvalue weighted by Gasteiger charge is 2.07. The Morgan fingerprint density at radius 1 is 1.41 bits per heavy atom. The molecule has 0 saturated carbocycles. The molecular weight excluding hydrogens is 307 g/mol. The van der Waals surface area contributed by atoms with E-state index < -0.39 is 0 Å². The monoisotopic (exact) mass is 314 g/mol. The van der Waals surface area contributed by atoms with E-state index in [0.717, 1.165) is 4.47 Å². The lowest BCUT2D eigenvalue weighted by Crippen LogP contribution is -1.97. The van der Waals surface area contributed by atoms with Gasteiger partial charge in [0.2, 0.25) is 0 Å². The summed E-state index contributed by atoms with van der Waals surface area (Å²) in [5.41, 5.74) is 1.19. The van der Waals surface area contributed by atoms with E-state index in [1.165, 1.54) is 6.07 Å². The summed E-state index contributed by atoms with van der Waals surface area (Å²) in [7, 11) is 0. The van der Waals surface area contributed by atoms with Crippen molar-refractivity contribution in [3.05, 3.63) is 51.3 Å². The minimum atomic E-state index is -0.261. The van der Waals surface area contributed by atoms with E-state index in [9.17, 15) is 4.39 Å². The zero-order chi connectivity index (χ0) is 12.4. The lowest BCUT2D eigenvalue weighted by Gasteiger charge is -2.10. The summed E-state index contributed by atoms with van der Waals surface area (Å²) in [6.45, 7) is 1.70. The number of rotatable bonds is 2. The Morgan fingerprint density at radius 2 is 2.18 bits per heavy atom. The van der Waals surface area contributed by atoms with Crippen LogP contribution in [0.1, 0.15) is 5.56 Å². The van der Waals surface area contributed by atoms with E-state index >= 15 is 0 Å². The lowest BCUT2D eigenvalue weighted by atomic mass is 10.2. The van der Waals surface area contributed by atoms with Crippen LogP contribution in [0, 0.1) is 12.7 Å². The molecule has 0 radical (unpaired) electrons. The number of halogens is 3. The number of nitrogens with one attached hydrogen (secondary N) is 1. The molecule has 0 spiro atoms. The van der Waals surface area contributed by atoms with Gasteiger partial charge < -0.3 is 5.32 Å².